The van der Waals surface area contributed by atoms with Crippen LogP contribution in [0.25, 0.3) is 0 Å². The van der Waals surface area contributed by atoms with Crippen molar-refractivity contribution < 1.29 is 19.2 Å². The van der Waals surface area contributed by atoms with Gasteiger partial charge in [0, 0.05) is 25.0 Å². The summed E-state index contributed by atoms with van der Waals surface area (Å²) in [6.07, 6.45) is 0. The number of nitriles is 1. The van der Waals surface area contributed by atoms with Crippen molar-refractivity contribution in [3.63, 3.8) is 0 Å². The smallest absolute Gasteiger partial charge is 0.286 e. The molecule has 0 saturated carbocycles. The Morgan fingerprint density at radius 1 is 1.29 bits per heavy atom. The van der Waals surface area contributed by atoms with Crippen molar-refractivity contribution >= 4 is 22.9 Å². The Morgan fingerprint density at radius 3 is 2.61 bits per heavy atom. The summed E-state index contributed by atoms with van der Waals surface area (Å²) in [7, 11) is 2.94. The fourth-order valence-corrected chi connectivity index (χ4v) is 3.38. The van der Waals surface area contributed by atoms with E-state index in [0.717, 1.165) is 5.56 Å². The number of benzene rings is 2. The summed E-state index contributed by atoms with van der Waals surface area (Å²) in [5.74, 6) is -0.190. The number of carbonyl (C=O) groups is 1. The molecule has 0 spiro atoms. The zero-order valence-corrected chi connectivity index (χ0v) is 17.6. The van der Waals surface area contributed by atoms with Crippen LogP contribution in [0.15, 0.2) is 47.3 Å². The average molecular weight is 438 g/mol. The Kier molecular flexibility index (Phi) is 6.79. The minimum atomic E-state index is -0.627. The summed E-state index contributed by atoms with van der Waals surface area (Å²) >= 11 is 1.41. The number of hydrogen-bond acceptors (Lipinski definition) is 8. The van der Waals surface area contributed by atoms with Gasteiger partial charge in [-0.25, -0.2) is 4.98 Å². The molecule has 158 valence electrons. The molecule has 0 atom stereocenters. The van der Waals surface area contributed by atoms with E-state index in [0.29, 0.717) is 11.3 Å². The summed E-state index contributed by atoms with van der Waals surface area (Å²) in [5.41, 5.74) is 3.13. The number of amides is 1. The molecule has 0 unspecified atom stereocenters. The second kappa shape index (κ2) is 9.69. The van der Waals surface area contributed by atoms with Crippen molar-refractivity contribution in [1.82, 2.24) is 9.88 Å². The van der Waals surface area contributed by atoms with Crippen molar-refractivity contribution in [3.05, 3.63) is 79.8 Å². The molecule has 3 rings (SSSR count). The maximum absolute atomic E-state index is 13.0. The first kappa shape index (κ1) is 21.7. The highest BCUT2D eigenvalue weighted by molar-refractivity contribution is 7.07. The van der Waals surface area contributed by atoms with Gasteiger partial charge < -0.3 is 14.4 Å². The van der Waals surface area contributed by atoms with Crippen molar-refractivity contribution in [1.29, 1.82) is 5.26 Å². The molecule has 1 amide bonds. The lowest BCUT2D eigenvalue weighted by Gasteiger charge is -2.18. The minimum Gasteiger partial charge on any atom is -0.493 e. The fraction of sp³-hybridized carbons (Fsp3) is 0.190. The summed E-state index contributed by atoms with van der Waals surface area (Å²) in [6.45, 7) is 0.328. The first-order chi connectivity index (χ1) is 14.9. The Bertz CT molecular complexity index is 1120. The van der Waals surface area contributed by atoms with E-state index in [1.54, 1.807) is 42.2 Å². The molecule has 0 aliphatic carbocycles. The molecule has 10 heteroatoms. The van der Waals surface area contributed by atoms with Gasteiger partial charge in [0.05, 0.1) is 40.9 Å². The van der Waals surface area contributed by atoms with Crippen molar-refractivity contribution in [2.24, 2.45) is 0 Å². The third kappa shape index (κ3) is 5.15. The van der Waals surface area contributed by atoms with Crippen LogP contribution in [0.3, 0.4) is 0 Å². The number of rotatable bonds is 8. The summed E-state index contributed by atoms with van der Waals surface area (Å²) in [6, 6.07) is 11.3. The van der Waals surface area contributed by atoms with Crippen LogP contribution in [0.4, 0.5) is 5.69 Å². The van der Waals surface area contributed by atoms with Crippen LogP contribution < -0.4 is 9.47 Å². The third-order valence-corrected chi connectivity index (χ3v) is 5.05. The van der Waals surface area contributed by atoms with Crippen LogP contribution in [-0.2, 0) is 13.2 Å². The predicted octanol–water partition coefficient (Wildman–Crippen LogP) is 3.78. The van der Waals surface area contributed by atoms with Crippen molar-refractivity contribution in [2.45, 2.75) is 13.2 Å². The minimum absolute atomic E-state index is 0.112. The Morgan fingerprint density at radius 2 is 2.03 bits per heavy atom. The van der Waals surface area contributed by atoms with E-state index in [1.807, 2.05) is 6.07 Å². The molecule has 0 radical (unpaired) electrons. The predicted molar refractivity (Wildman–Crippen MR) is 113 cm³/mol. The summed E-state index contributed by atoms with van der Waals surface area (Å²) in [5, 5.41) is 22.4. The number of methoxy groups -OCH3 is 1. The zero-order chi connectivity index (χ0) is 22.4. The maximum Gasteiger partial charge on any atom is 0.286 e. The van der Waals surface area contributed by atoms with E-state index in [1.165, 1.54) is 35.5 Å². The highest BCUT2D eigenvalue weighted by Crippen LogP contribution is 2.36. The van der Waals surface area contributed by atoms with Gasteiger partial charge in [-0.3, -0.25) is 14.9 Å². The average Bonchev–Trinajstić information content (AvgIpc) is 3.30. The lowest BCUT2D eigenvalue weighted by atomic mass is 10.1. The number of nitro groups is 1. The van der Waals surface area contributed by atoms with Crippen molar-refractivity contribution in [2.75, 3.05) is 14.2 Å². The molecule has 2 aromatic carbocycles. The Hall–Kier alpha value is -3.97. The molecule has 0 aliphatic rings. The molecular weight excluding hydrogens is 420 g/mol. The normalized spacial score (nSPS) is 10.2. The summed E-state index contributed by atoms with van der Waals surface area (Å²) in [4.78, 5) is 29.5. The summed E-state index contributed by atoms with van der Waals surface area (Å²) < 4.78 is 10.9. The Balaban J connectivity index is 1.86. The fourth-order valence-electron chi connectivity index (χ4n) is 2.84. The molecule has 0 fully saturated rings. The molecule has 31 heavy (non-hydrogen) atoms. The third-order valence-electron chi connectivity index (χ3n) is 4.42. The zero-order valence-electron chi connectivity index (χ0n) is 16.8. The monoisotopic (exact) mass is 438 g/mol. The van der Waals surface area contributed by atoms with E-state index in [4.69, 9.17) is 14.7 Å². The number of carbonyl (C=O) groups excluding carboxylic acids is 1. The number of ether oxygens (including phenoxy) is 2. The lowest BCUT2D eigenvalue weighted by Crippen LogP contribution is -2.27. The molecule has 9 nitrogen and oxygen atoms in total. The number of nitrogens with zero attached hydrogens (tertiary/aromatic N) is 4. The van der Waals surface area contributed by atoms with Crippen LogP contribution in [-0.4, -0.2) is 34.9 Å². The van der Waals surface area contributed by atoms with Gasteiger partial charge in [-0.2, -0.15) is 5.26 Å². The van der Waals surface area contributed by atoms with E-state index < -0.39 is 10.8 Å². The second-order valence-corrected chi connectivity index (χ2v) is 7.23. The van der Waals surface area contributed by atoms with Gasteiger partial charge in [-0.1, -0.05) is 12.1 Å². The lowest BCUT2D eigenvalue weighted by molar-refractivity contribution is -0.385. The van der Waals surface area contributed by atoms with Crippen LogP contribution in [0.2, 0.25) is 0 Å². The second-order valence-electron chi connectivity index (χ2n) is 6.52. The Labute approximate surface area is 182 Å². The van der Waals surface area contributed by atoms with E-state index in [9.17, 15) is 14.9 Å². The van der Waals surface area contributed by atoms with Gasteiger partial charge in [0.2, 0.25) is 0 Å². The van der Waals surface area contributed by atoms with Gasteiger partial charge in [-0.15, -0.1) is 11.3 Å². The molecule has 3 aromatic rings. The first-order valence-electron chi connectivity index (χ1n) is 9.03. The van der Waals surface area contributed by atoms with Crippen molar-refractivity contribution in [3.8, 4) is 17.6 Å². The van der Waals surface area contributed by atoms with Gasteiger partial charge in [-0.05, 0) is 17.7 Å². The number of nitro benzene ring substituents is 1. The van der Waals surface area contributed by atoms with Crippen LogP contribution in [0.5, 0.6) is 11.5 Å². The standard InChI is InChI=1S/C21H18N4O5S/c1-24(10-15-5-3-14(9-22)4-6-15)21(26)17-7-19(29-2)20(8-18(17)25(27)28)30-11-16-12-31-13-23-16/h3-8,12-13H,10-11H2,1-2H3. The van der Waals surface area contributed by atoms with Gasteiger partial charge in [0.15, 0.2) is 11.5 Å². The molecule has 0 saturated heterocycles. The van der Waals surface area contributed by atoms with Gasteiger partial charge in [0.1, 0.15) is 12.2 Å². The molecule has 0 aliphatic heterocycles. The van der Waals surface area contributed by atoms with E-state index in [-0.39, 0.29) is 35.9 Å². The largest absolute Gasteiger partial charge is 0.493 e. The molecule has 0 bridgehead atoms. The SMILES string of the molecule is COc1cc(C(=O)N(C)Cc2ccc(C#N)cc2)c([N+](=O)[O-])cc1OCc1cscn1. The van der Waals surface area contributed by atoms with Gasteiger partial charge in [0.25, 0.3) is 11.6 Å². The van der Waals surface area contributed by atoms with E-state index in [2.05, 4.69) is 4.98 Å². The molecule has 1 heterocycles. The van der Waals surface area contributed by atoms with Gasteiger partial charge >= 0.3 is 0 Å². The number of thiazole rings is 1. The highest BCUT2D eigenvalue weighted by Gasteiger charge is 2.27. The molecular formula is C21H18N4O5S. The van der Waals surface area contributed by atoms with Crippen LogP contribution in [0, 0.1) is 21.4 Å². The number of aromatic nitrogens is 1. The molecule has 0 N–H and O–H groups in total. The maximum atomic E-state index is 13.0. The number of hydrogen-bond donors (Lipinski definition) is 0. The van der Waals surface area contributed by atoms with E-state index >= 15 is 0 Å². The first-order valence-corrected chi connectivity index (χ1v) is 9.98. The van der Waals surface area contributed by atoms with Crippen LogP contribution in [0.1, 0.15) is 27.2 Å². The molecule has 1 aromatic heterocycles. The van der Waals surface area contributed by atoms with Crippen LogP contribution >= 0.6 is 11.3 Å². The topological polar surface area (TPSA) is 119 Å². The quantitative estimate of drug-likeness (QED) is 0.388. The highest BCUT2D eigenvalue weighted by atomic mass is 32.1.